The fraction of sp³-hybridized carbons (Fsp3) is 0.370. The first kappa shape index (κ1) is 23.9. The third kappa shape index (κ3) is 5.40. The van der Waals surface area contributed by atoms with E-state index in [9.17, 15) is 0 Å². The van der Waals surface area contributed by atoms with Crippen molar-refractivity contribution in [2.75, 3.05) is 7.11 Å². The Hall–Kier alpha value is -2.39. The summed E-state index contributed by atoms with van der Waals surface area (Å²) in [6.45, 7) is 16.8. The molecule has 0 aliphatic rings. The maximum Gasteiger partial charge on any atom is 0.270 e. The number of para-hydroxylation sites is 1. The van der Waals surface area contributed by atoms with Crippen LogP contribution in [0.3, 0.4) is 0 Å². The molecule has 0 spiro atoms. The Balaban J connectivity index is 0.000000343. The van der Waals surface area contributed by atoms with Crippen LogP contribution in [0.25, 0.3) is 20.8 Å². The molecule has 0 unspecified atom stereocenters. The lowest BCUT2D eigenvalue weighted by Crippen LogP contribution is -2.31. The molecule has 1 aromatic heterocycles. The Morgan fingerprint density at radius 1 is 1.07 bits per heavy atom. The Morgan fingerprint density at radius 2 is 1.67 bits per heavy atom. The number of benzene rings is 2. The van der Waals surface area contributed by atoms with Gasteiger partial charge in [-0.05, 0) is 49.0 Å². The van der Waals surface area contributed by atoms with Crippen molar-refractivity contribution in [3.8, 4) is 10.6 Å². The van der Waals surface area contributed by atoms with Crippen LogP contribution in [-0.4, -0.2) is 7.11 Å². The molecule has 0 atom stereocenters. The van der Waals surface area contributed by atoms with Gasteiger partial charge in [0.1, 0.15) is 11.7 Å². The number of fused-ring (bicyclic) bond motifs is 1. The number of allylic oxidation sites excluding steroid dienone is 3. The van der Waals surface area contributed by atoms with Crippen LogP contribution in [0.15, 0.2) is 72.5 Å². The third-order valence-corrected chi connectivity index (χ3v) is 7.06. The van der Waals surface area contributed by atoms with Crippen molar-refractivity contribution in [3.05, 3.63) is 78.1 Å². The minimum Gasteiger partial charge on any atom is -0.501 e. The predicted molar refractivity (Wildman–Crippen MR) is 132 cm³/mol. The van der Waals surface area contributed by atoms with Crippen LogP contribution in [0.4, 0.5) is 0 Å². The minimum absolute atomic E-state index is 0.153. The maximum atomic E-state index is 4.86. The van der Waals surface area contributed by atoms with E-state index < -0.39 is 0 Å². The zero-order chi connectivity index (χ0) is 22.5. The standard InChI is InChI=1S/C20H24NS.C7H12O/c1-14(2)20(3,4)16-11-7-6-10-15(16)19-21(5)17-12-8-9-13-18(17)22-19;1-6(2)5-7(3)8-4/h6-14H,1-5H3;5H,1H2,2-4H3/q+1;/b;7-5-. The minimum atomic E-state index is 0.153. The quantitative estimate of drug-likeness (QED) is 0.236. The van der Waals surface area contributed by atoms with Crippen molar-refractivity contribution in [2.24, 2.45) is 13.0 Å². The van der Waals surface area contributed by atoms with Crippen LogP contribution in [0.2, 0.25) is 0 Å². The third-order valence-electron chi connectivity index (χ3n) is 5.80. The first-order chi connectivity index (χ1) is 14.1. The zero-order valence-corrected chi connectivity index (χ0v) is 20.6. The van der Waals surface area contributed by atoms with Crippen molar-refractivity contribution in [1.29, 1.82) is 0 Å². The number of aromatic nitrogens is 1. The van der Waals surface area contributed by atoms with Gasteiger partial charge in [0.2, 0.25) is 5.52 Å². The molecule has 0 saturated heterocycles. The summed E-state index contributed by atoms with van der Waals surface area (Å²) >= 11 is 1.88. The van der Waals surface area contributed by atoms with Crippen molar-refractivity contribution in [3.63, 3.8) is 0 Å². The molecule has 0 N–H and O–H groups in total. The molecule has 3 heteroatoms. The fourth-order valence-electron chi connectivity index (χ4n) is 3.29. The van der Waals surface area contributed by atoms with Gasteiger partial charge >= 0.3 is 0 Å². The molecule has 0 aliphatic heterocycles. The van der Waals surface area contributed by atoms with Gasteiger partial charge in [-0.3, -0.25) is 0 Å². The van der Waals surface area contributed by atoms with E-state index in [1.807, 2.05) is 31.3 Å². The van der Waals surface area contributed by atoms with E-state index in [0.29, 0.717) is 5.92 Å². The number of rotatable bonds is 5. The van der Waals surface area contributed by atoms with E-state index >= 15 is 0 Å². The van der Waals surface area contributed by atoms with Gasteiger partial charge in [-0.15, -0.1) is 0 Å². The zero-order valence-electron chi connectivity index (χ0n) is 19.7. The number of nitrogens with zero attached hydrogens (tertiary/aromatic N) is 1. The maximum absolute atomic E-state index is 4.86. The second kappa shape index (κ2) is 10.1. The molecular weight excluding hydrogens is 386 g/mol. The summed E-state index contributed by atoms with van der Waals surface area (Å²) in [6, 6.07) is 17.5. The van der Waals surface area contributed by atoms with Gasteiger partial charge < -0.3 is 4.74 Å². The number of methoxy groups -OCH3 is 1. The van der Waals surface area contributed by atoms with Crippen LogP contribution >= 0.6 is 11.3 Å². The van der Waals surface area contributed by atoms with Crippen molar-refractivity contribution >= 4 is 21.6 Å². The lowest BCUT2D eigenvalue weighted by Gasteiger charge is -2.31. The van der Waals surface area contributed by atoms with E-state index in [1.54, 1.807) is 7.11 Å². The monoisotopic (exact) mass is 422 g/mol. The highest BCUT2D eigenvalue weighted by Gasteiger charge is 2.30. The SMILES string of the molecule is C=C(C)/C=C(/C)OC.CC(C)C(C)(C)c1ccccc1-c1sc2ccccc2[n+]1C. The predicted octanol–water partition coefficient (Wildman–Crippen LogP) is 7.44. The highest BCUT2D eigenvalue weighted by molar-refractivity contribution is 7.21. The van der Waals surface area contributed by atoms with Gasteiger partial charge in [-0.1, -0.05) is 81.5 Å². The molecule has 0 amide bonds. The van der Waals surface area contributed by atoms with E-state index in [-0.39, 0.29) is 5.41 Å². The normalized spacial score (nSPS) is 12.0. The number of thiazole rings is 1. The Morgan fingerprint density at radius 3 is 2.20 bits per heavy atom. The van der Waals surface area contributed by atoms with Crippen molar-refractivity contribution < 1.29 is 9.30 Å². The number of hydrogen-bond acceptors (Lipinski definition) is 2. The summed E-state index contributed by atoms with van der Waals surface area (Å²) < 4.78 is 8.53. The highest BCUT2D eigenvalue weighted by atomic mass is 32.1. The van der Waals surface area contributed by atoms with E-state index in [1.165, 1.54) is 26.4 Å². The number of aryl methyl sites for hydroxylation is 1. The summed E-state index contributed by atoms with van der Waals surface area (Å²) in [7, 11) is 3.82. The van der Waals surface area contributed by atoms with Crippen LogP contribution in [0.1, 0.15) is 47.1 Å². The largest absolute Gasteiger partial charge is 0.501 e. The molecule has 30 heavy (non-hydrogen) atoms. The smallest absolute Gasteiger partial charge is 0.270 e. The van der Waals surface area contributed by atoms with Crippen LogP contribution in [0, 0.1) is 5.92 Å². The van der Waals surface area contributed by atoms with Gasteiger partial charge in [0.15, 0.2) is 0 Å². The van der Waals surface area contributed by atoms with E-state index in [2.05, 4.69) is 94.4 Å². The molecule has 2 aromatic carbocycles. The Bertz CT molecular complexity index is 1040. The second-order valence-corrected chi connectivity index (χ2v) is 9.69. The lowest BCUT2D eigenvalue weighted by molar-refractivity contribution is -0.629. The van der Waals surface area contributed by atoms with Gasteiger partial charge in [0.25, 0.3) is 5.01 Å². The second-order valence-electron chi connectivity index (χ2n) is 8.66. The molecule has 2 nitrogen and oxygen atoms in total. The topological polar surface area (TPSA) is 13.1 Å². The number of ether oxygens (including phenoxy) is 1. The molecule has 0 aliphatic carbocycles. The van der Waals surface area contributed by atoms with Crippen LogP contribution < -0.4 is 4.57 Å². The average molecular weight is 423 g/mol. The molecule has 0 fully saturated rings. The van der Waals surface area contributed by atoms with Gasteiger partial charge in [0.05, 0.1) is 18.4 Å². The lowest BCUT2D eigenvalue weighted by atomic mass is 9.73. The fourth-order valence-corrected chi connectivity index (χ4v) is 4.47. The summed E-state index contributed by atoms with van der Waals surface area (Å²) in [6.07, 6.45) is 1.89. The van der Waals surface area contributed by atoms with E-state index in [0.717, 1.165) is 11.3 Å². The first-order valence-corrected chi connectivity index (χ1v) is 11.3. The summed E-state index contributed by atoms with van der Waals surface area (Å²) in [5, 5.41) is 1.34. The molecule has 3 aromatic rings. The van der Waals surface area contributed by atoms with Crippen molar-refractivity contribution in [1.82, 2.24) is 0 Å². The van der Waals surface area contributed by atoms with Crippen LogP contribution in [0.5, 0.6) is 0 Å². The average Bonchev–Trinajstić information content (AvgIpc) is 3.04. The summed E-state index contributed by atoms with van der Waals surface area (Å²) in [5.41, 5.74) is 5.28. The van der Waals surface area contributed by atoms with Crippen LogP contribution in [-0.2, 0) is 17.2 Å². The highest BCUT2D eigenvalue weighted by Crippen LogP contribution is 2.39. The molecule has 0 radical (unpaired) electrons. The number of hydrogen-bond donors (Lipinski definition) is 0. The van der Waals surface area contributed by atoms with Gasteiger partial charge in [-0.25, -0.2) is 0 Å². The molecule has 0 bridgehead atoms. The van der Waals surface area contributed by atoms with Crippen molar-refractivity contribution in [2.45, 2.75) is 47.0 Å². The Labute approximate surface area is 186 Å². The van der Waals surface area contributed by atoms with Gasteiger partial charge in [-0.2, -0.15) is 4.57 Å². The van der Waals surface area contributed by atoms with Gasteiger partial charge in [0, 0.05) is 6.07 Å². The molecule has 3 rings (SSSR count). The molecule has 160 valence electrons. The molecule has 1 heterocycles. The summed E-state index contributed by atoms with van der Waals surface area (Å²) in [4.78, 5) is 0. The first-order valence-electron chi connectivity index (χ1n) is 10.4. The molecule has 0 saturated carbocycles. The van der Waals surface area contributed by atoms with E-state index in [4.69, 9.17) is 4.74 Å². The summed E-state index contributed by atoms with van der Waals surface area (Å²) in [5.74, 6) is 1.49. The molecular formula is C27H36NOS+. The Kier molecular flexibility index (Phi) is 8.03.